The van der Waals surface area contributed by atoms with Crippen molar-refractivity contribution in [3.8, 4) is 5.75 Å². The maximum absolute atomic E-state index is 12.1. The molecule has 0 fully saturated rings. The van der Waals surface area contributed by atoms with Crippen LogP contribution < -0.4 is 15.4 Å². The minimum Gasteiger partial charge on any atom is -0.480 e. The lowest BCUT2D eigenvalue weighted by molar-refractivity contribution is -0.274. The van der Waals surface area contributed by atoms with Crippen LogP contribution in [0, 0.1) is 5.92 Å². The number of amides is 2. The maximum atomic E-state index is 12.1. The number of carboxylic acids is 1. The Kier molecular flexibility index (Phi) is 6.05. The maximum Gasteiger partial charge on any atom is 0.573 e. The molecular weight excluding hydrogens is 329 g/mol. The molecule has 0 aliphatic heterocycles. The van der Waals surface area contributed by atoms with E-state index in [0.717, 1.165) is 12.1 Å². The summed E-state index contributed by atoms with van der Waals surface area (Å²) in [5.41, 5.74) is -1.27. The first kappa shape index (κ1) is 19.6. The molecule has 0 saturated heterocycles. The van der Waals surface area contributed by atoms with Gasteiger partial charge in [-0.05, 0) is 43.5 Å². The van der Waals surface area contributed by atoms with Gasteiger partial charge in [0.05, 0.1) is 0 Å². The molecule has 0 radical (unpaired) electrons. The Labute approximate surface area is 137 Å². The van der Waals surface area contributed by atoms with Crippen LogP contribution in [0.1, 0.15) is 27.2 Å². The molecule has 9 heteroatoms. The Morgan fingerprint density at radius 2 is 1.75 bits per heavy atom. The number of hydrogen-bond acceptors (Lipinski definition) is 3. The van der Waals surface area contributed by atoms with Crippen LogP contribution in [0.4, 0.5) is 23.7 Å². The zero-order chi connectivity index (χ0) is 18.5. The van der Waals surface area contributed by atoms with Crippen LogP contribution in [0.25, 0.3) is 0 Å². The van der Waals surface area contributed by atoms with Crippen LogP contribution in [0.5, 0.6) is 5.75 Å². The van der Waals surface area contributed by atoms with Crippen molar-refractivity contribution in [3.63, 3.8) is 0 Å². The van der Waals surface area contributed by atoms with Gasteiger partial charge in [-0.1, -0.05) is 13.8 Å². The summed E-state index contributed by atoms with van der Waals surface area (Å²) >= 11 is 0. The minimum atomic E-state index is -4.80. The molecule has 6 nitrogen and oxygen atoms in total. The zero-order valence-corrected chi connectivity index (χ0v) is 13.4. The molecule has 3 N–H and O–H groups in total. The molecule has 0 aliphatic carbocycles. The molecule has 2 amide bonds. The number of hydrogen-bond donors (Lipinski definition) is 3. The molecule has 0 bridgehead atoms. The highest BCUT2D eigenvalue weighted by molar-refractivity contribution is 5.93. The van der Waals surface area contributed by atoms with Crippen LogP contribution in [0.3, 0.4) is 0 Å². The first-order valence-electron chi connectivity index (χ1n) is 7.09. The number of aliphatic carboxylic acids is 1. The highest BCUT2D eigenvalue weighted by atomic mass is 19.4. The summed E-state index contributed by atoms with van der Waals surface area (Å²) in [6.07, 6.45) is -4.58. The molecule has 0 aromatic heterocycles. The molecule has 0 spiro atoms. The van der Waals surface area contributed by atoms with Crippen LogP contribution in [-0.2, 0) is 4.79 Å². The molecular formula is C15H19F3N2O4. The standard InChI is InChI=1S/C15H19F3N2O4/c1-9(2)8-14(3,12(21)22)20-13(23)19-10-4-6-11(7-5-10)24-15(16,17)18/h4-7,9H,8H2,1-3H3,(H,21,22)(H2,19,20,23)/t14-/m0/s1. The number of carboxylic acid groups (broad SMARTS) is 1. The second-order valence-electron chi connectivity index (χ2n) is 5.89. The van der Waals surface area contributed by atoms with Gasteiger partial charge in [0.1, 0.15) is 11.3 Å². The SMILES string of the molecule is CC(C)C[C@](C)(NC(=O)Nc1ccc(OC(F)(F)F)cc1)C(=O)O. The highest BCUT2D eigenvalue weighted by Crippen LogP contribution is 2.24. The van der Waals surface area contributed by atoms with Crippen molar-refractivity contribution in [2.24, 2.45) is 5.92 Å². The second-order valence-corrected chi connectivity index (χ2v) is 5.89. The molecule has 0 heterocycles. The van der Waals surface area contributed by atoms with Crippen LogP contribution in [0.2, 0.25) is 0 Å². The third-order valence-corrected chi connectivity index (χ3v) is 3.02. The zero-order valence-electron chi connectivity index (χ0n) is 13.4. The molecule has 1 aromatic rings. The highest BCUT2D eigenvalue weighted by Gasteiger charge is 2.35. The van der Waals surface area contributed by atoms with E-state index in [1.54, 1.807) is 0 Å². The number of carbonyl (C=O) groups is 2. The van der Waals surface area contributed by atoms with E-state index in [2.05, 4.69) is 15.4 Å². The number of benzene rings is 1. The Hall–Kier alpha value is -2.45. The second kappa shape index (κ2) is 7.41. The lowest BCUT2D eigenvalue weighted by atomic mass is 9.91. The number of halogens is 3. The summed E-state index contributed by atoms with van der Waals surface area (Å²) in [6.45, 7) is 5.02. The van der Waals surface area contributed by atoms with Gasteiger partial charge in [-0.3, -0.25) is 0 Å². The summed E-state index contributed by atoms with van der Waals surface area (Å²) in [7, 11) is 0. The van der Waals surface area contributed by atoms with E-state index in [1.807, 2.05) is 13.8 Å². The van der Waals surface area contributed by atoms with Gasteiger partial charge in [0.15, 0.2) is 0 Å². The van der Waals surface area contributed by atoms with E-state index >= 15 is 0 Å². The van der Waals surface area contributed by atoms with Crippen molar-refractivity contribution in [2.45, 2.75) is 39.1 Å². The molecule has 1 aromatic carbocycles. The van der Waals surface area contributed by atoms with Gasteiger partial charge in [0.25, 0.3) is 0 Å². The third kappa shape index (κ3) is 6.35. The van der Waals surface area contributed by atoms with Crippen molar-refractivity contribution in [2.75, 3.05) is 5.32 Å². The first-order valence-corrected chi connectivity index (χ1v) is 7.09. The van der Waals surface area contributed by atoms with Gasteiger partial charge in [-0.15, -0.1) is 13.2 Å². The molecule has 0 aliphatic rings. The van der Waals surface area contributed by atoms with Crippen LogP contribution in [-0.4, -0.2) is 29.0 Å². The lowest BCUT2D eigenvalue weighted by Gasteiger charge is -2.28. The summed E-state index contributed by atoms with van der Waals surface area (Å²) in [5.74, 6) is -1.57. The van der Waals surface area contributed by atoms with Gasteiger partial charge in [0, 0.05) is 5.69 Å². The smallest absolute Gasteiger partial charge is 0.480 e. The predicted molar refractivity (Wildman–Crippen MR) is 80.8 cm³/mol. The third-order valence-electron chi connectivity index (χ3n) is 3.02. The molecule has 1 atom stereocenters. The number of rotatable bonds is 6. The fourth-order valence-electron chi connectivity index (χ4n) is 2.16. The Balaban J connectivity index is 2.72. The van der Waals surface area contributed by atoms with Crippen molar-refractivity contribution in [3.05, 3.63) is 24.3 Å². The average molecular weight is 348 g/mol. The number of ether oxygens (including phenoxy) is 1. The summed E-state index contributed by atoms with van der Waals surface area (Å²) in [5, 5.41) is 14.0. The van der Waals surface area contributed by atoms with E-state index in [9.17, 15) is 27.9 Å². The number of nitrogens with one attached hydrogen (secondary N) is 2. The molecule has 0 saturated carbocycles. The Morgan fingerprint density at radius 1 is 1.21 bits per heavy atom. The van der Waals surface area contributed by atoms with Crippen LogP contribution in [0.15, 0.2) is 24.3 Å². The molecule has 24 heavy (non-hydrogen) atoms. The molecule has 134 valence electrons. The average Bonchev–Trinajstić information content (AvgIpc) is 2.38. The largest absolute Gasteiger partial charge is 0.573 e. The van der Waals surface area contributed by atoms with Crippen molar-refractivity contribution in [1.82, 2.24) is 5.32 Å². The van der Waals surface area contributed by atoms with Crippen molar-refractivity contribution < 1.29 is 32.6 Å². The number of alkyl halides is 3. The van der Waals surface area contributed by atoms with Gasteiger partial charge in [-0.25, -0.2) is 9.59 Å². The first-order chi connectivity index (χ1) is 10.9. The monoisotopic (exact) mass is 348 g/mol. The van der Waals surface area contributed by atoms with Gasteiger partial charge < -0.3 is 20.5 Å². The lowest BCUT2D eigenvalue weighted by Crippen LogP contribution is -2.54. The summed E-state index contributed by atoms with van der Waals surface area (Å²) in [4.78, 5) is 23.3. The summed E-state index contributed by atoms with van der Waals surface area (Å²) < 4.78 is 39.9. The van der Waals surface area contributed by atoms with E-state index in [-0.39, 0.29) is 18.0 Å². The Morgan fingerprint density at radius 3 is 2.17 bits per heavy atom. The molecule has 1 rings (SSSR count). The van der Waals surface area contributed by atoms with E-state index in [0.29, 0.717) is 0 Å². The van der Waals surface area contributed by atoms with Gasteiger partial charge in [-0.2, -0.15) is 0 Å². The summed E-state index contributed by atoms with van der Waals surface area (Å²) in [6, 6.07) is 3.72. The van der Waals surface area contributed by atoms with E-state index in [4.69, 9.17) is 0 Å². The normalized spacial score (nSPS) is 14.0. The topological polar surface area (TPSA) is 87.7 Å². The fourth-order valence-corrected chi connectivity index (χ4v) is 2.16. The van der Waals surface area contributed by atoms with Gasteiger partial charge in [0.2, 0.25) is 0 Å². The number of carbonyl (C=O) groups excluding carboxylic acids is 1. The van der Waals surface area contributed by atoms with E-state index in [1.165, 1.54) is 19.1 Å². The quantitative estimate of drug-likeness (QED) is 0.733. The predicted octanol–water partition coefficient (Wildman–Crippen LogP) is 3.60. The molecule has 0 unspecified atom stereocenters. The van der Waals surface area contributed by atoms with E-state index < -0.39 is 29.7 Å². The van der Waals surface area contributed by atoms with Crippen molar-refractivity contribution in [1.29, 1.82) is 0 Å². The number of urea groups is 1. The van der Waals surface area contributed by atoms with Gasteiger partial charge >= 0.3 is 18.4 Å². The van der Waals surface area contributed by atoms with Crippen molar-refractivity contribution >= 4 is 17.7 Å². The minimum absolute atomic E-state index is 0.0326. The Bertz CT molecular complexity index is 587. The van der Waals surface area contributed by atoms with Crippen LogP contribution >= 0.6 is 0 Å². The number of anilines is 1. The fraction of sp³-hybridized carbons (Fsp3) is 0.467.